The Morgan fingerprint density at radius 2 is 1.80 bits per heavy atom. The van der Waals surface area contributed by atoms with Crippen LogP contribution in [0.2, 0.25) is 0 Å². The summed E-state index contributed by atoms with van der Waals surface area (Å²) in [5.41, 5.74) is 3.11. The van der Waals surface area contributed by atoms with E-state index >= 15 is 0 Å². The van der Waals surface area contributed by atoms with Crippen molar-refractivity contribution >= 4 is 45.3 Å². The number of aryl methyl sites for hydroxylation is 1. The summed E-state index contributed by atoms with van der Waals surface area (Å²) in [5, 5.41) is 3.33. The van der Waals surface area contributed by atoms with Gasteiger partial charge in [0.25, 0.3) is 0 Å². The zero-order chi connectivity index (χ0) is 24.6. The maximum atomic E-state index is 12.9. The highest BCUT2D eigenvalue weighted by Gasteiger charge is 2.33. The molecule has 0 amide bonds. The molecule has 0 saturated carbocycles. The third-order valence-corrected chi connectivity index (χ3v) is 6.19. The Kier molecular flexibility index (Phi) is 6.09. The SMILES string of the molecule is Cn1c(Nc2ccc(CI)cc2)nc2cc(Oc3ccnc(-c4ncc(C(F)(F)F)[nH]4)c3)ccc21. The third-order valence-electron chi connectivity index (χ3n) is 5.31. The van der Waals surface area contributed by atoms with Crippen LogP contribution in [0, 0.1) is 0 Å². The van der Waals surface area contributed by atoms with Crippen LogP contribution in [0.5, 0.6) is 11.5 Å². The summed E-state index contributed by atoms with van der Waals surface area (Å²) in [6, 6.07) is 16.8. The second-order valence-electron chi connectivity index (χ2n) is 7.72. The molecule has 0 spiro atoms. The molecule has 0 fully saturated rings. The smallest absolute Gasteiger partial charge is 0.432 e. The molecule has 0 aliphatic carbocycles. The van der Waals surface area contributed by atoms with Crippen LogP contribution >= 0.6 is 22.6 Å². The van der Waals surface area contributed by atoms with E-state index in [4.69, 9.17) is 4.74 Å². The van der Waals surface area contributed by atoms with E-state index in [1.807, 2.05) is 29.8 Å². The second kappa shape index (κ2) is 9.21. The number of H-pyrrole nitrogens is 1. The Bertz CT molecular complexity index is 1490. The molecule has 0 radical (unpaired) electrons. The fraction of sp³-hybridized carbons (Fsp3) is 0.125. The molecule has 0 aliphatic heterocycles. The van der Waals surface area contributed by atoms with Crippen LogP contribution in [-0.4, -0.2) is 24.5 Å². The highest BCUT2D eigenvalue weighted by Crippen LogP contribution is 2.31. The number of aromatic nitrogens is 5. The van der Waals surface area contributed by atoms with Gasteiger partial charge in [0, 0.05) is 35.5 Å². The Labute approximate surface area is 211 Å². The van der Waals surface area contributed by atoms with E-state index in [1.54, 1.807) is 18.2 Å². The first-order valence-corrected chi connectivity index (χ1v) is 12.0. The zero-order valence-corrected chi connectivity index (χ0v) is 20.4. The molecule has 5 rings (SSSR count). The Morgan fingerprint density at radius 3 is 2.51 bits per heavy atom. The Hall–Kier alpha value is -3.61. The molecule has 2 N–H and O–H groups in total. The lowest BCUT2D eigenvalue weighted by Crippen LogP contribution is -2.04. The van der Waals surface area contributed by atoms with Crippen molar-refractivity contribution in [1.82, 2.24) is 24.5 Å². The van der Waals surface area contributed by atoms with Crippen molar-refractivity contribution in [2.24, 2.45) is 7.05 Å². The van der Waals surface area contributed by atoms with Gasteiger partial charge >= 0.3 is 6.18 Å². The number of nitrogens with zero attached hydrogens (tertiary/aromatic N) is 4. The molecule has 0 bridgehead atoms. The van der Waals surface area contributed by atoms with E-state index < -0.39 is 11.9 Å². The van der Waals surface area contributed by atoms with E-state index in [0.29, 0.717) is 17.4 Å². The largest absolute Gasteiger partial charge is 0.457 e. The van der Waals surface area contributed by atoms with Crippen LogP contribution in [0.1, 0.15) is 11.3 Å². The van der Waals surface area contributed by atoms with Gasteiger partial charge < -0.3 is 19.6 Å². The molecule has 0 atom stereocenters. The predicted octanol–water partition coefficient (Wildman–Crippen LogP) is 6.85. The molecule has 5 aromatic rings. The van der Waals surface area contributed by atoms with Crippen molar-refractivity contribution in [3.63, 3.8) is 0 Å². The monoisotopic (exact) mass is 590 g/mol. The first kappa shape index (κ1) is 23.1. The normalized spacial score (nSPS) is 11.7. The number of imidazole rings is 2. The highest BCUT2D eigenvalue weighted by molar-refractivity contribution is 14.1. The third kappa shape index (κ3) is 4.94. The number of benzene rings is 2. The summed E-state index contributed by atoms with van der Waals surface area (Å²) in [4.78, 5) is 14.8. The van der Waals surface area contributed by atoms with Gasteiger partial charge in [-0.3, -0.25) is 4.98 Å². The molecule has 3 aromatic heterocycles. The average molecular weight is 590 g/mol. The molecule has 0 unspecified atom stereocenters. The summed E-state index contributed by atoms with van der Waals surface area (Å²) in [7, 11) is 1.92. The van der Waals surface area contributed by atoms with Gasteiger partial charge in [-0.2, -0.15) is 13.2 Å². The molecule has 2 aromatic carbocycles. The number of ether oxygens (including phenoxy) is 1. The molecular weight excluding hydrogens is 572 g/mol. The molecule has 11 heteroatoms. The van der Waals surface area contributed by atoms with Crippen molar-refractivity contribution in [3.05, 3.63) is 78.2 Å². The average Bonchev–Trinajstić information content (AvgIpc) is 3.46. The summed E-state index contributed by atoms with van der Waals surface area (Å²) < 4.78 is 47.4. The van der Waals surface area contributed by atoms with E-state index in [-0.39, 0.29) is 11.5 Å². The number of rotatable bonds is 6. The number of alkyl halides is 4. The Morgan fingerprint density at radius 1 is 1.03 bits per heavy atom. The van der Waals surface area contributed by atoms with Crippen molar-refractivity contribution in [2.45, 2.75) is 10.6 Å². The highest BCUT2D eigenvalue weighted by atomic mass is 127. The molecule has 178 valence electrons. The number of aromatic amines is 1. The summed E-state index contributed by atoms with van der Waals surface area (Å²) >= 11 is 2.32. The maximum Gasteiger partial charge on any atom is 0.432 e. The minimum Gasteiger partial charge on any atom is -0.457 e. The standard InChI is InChI=1S/C24H18F3IN6O/c1-34-20-7-6-16(10-18(20)32-23(34)31-15-4-2-14(12-28)3-5-15)35-17-8-9-29-19(11-17)22-30-13-21(33-22)24(25,26)27/h2-11,13H,12H2,1H3,(H,30,33)(H,31,32). The number of nitrogens with one attached hydrogen (secondary N) is 2. The zero-order valence-electron chi connectivity index (χ0n) is 18.3. The van der Waals surface area contributed by atoms with Crippen LogP contribution in [0.15, 0.2) is 67.0 Å². The van der Waals surface area contributed by atoms with Crippen molar-refractivity contribution < 1.29 is 17.9 Å². The number of fused-ring (bicyclic) bond motifs is 1. The van der Waals surface area contributed by atoms with Crippen molar-refractivity contribution in [3.8, 4) is 23.0 Å². The number of halogens is 4. The first-order valence-electron chi connectivity index (χ1n) is 10.4. The number of anilines is 2. The lowest BCUT2D eigenvalue weighted by Gasteiger charge is -2.07. The van der Waals surface area contributed by atoms with E-state index in [2.05, 4.69) is 60.0 Å². The van der Waals surface area contributed by atoms with Crippen LogP contribution in [0.25, 0.3) is 22.6 Å². The topological polar surface area (TPSA) is 80.7 Å². The van der Waals surface area contributed by atoms with Crippen molar-refractivity contribution in [1.29, 1.82) is 0 Å². The predicted molar refractivity (Wildman–Crippen MR) is 135 cm³/mol. The number of pyridine rings is 1. The molecule has 0 saturated heterocycles. The van der Waals surface area contributed by atoms with Crippen LogP contribution in [0.4, 0.5) is 24.8 Å². The fourth-order valence-corrected chi connectivity index (χ4v) is 4.01. The molecule has 7 nitrogen and oxygen atoms in total. The lowest BCUT2D eigenvalue weighted by atomic mass is 10.2. The van der Waals surface area contributed by atoms with Gasteiger partial charge in [0.2, 0.25) is 5.95 Å². The summed E-state index contributed by atoms with van der Waals surface area (Å²) in [6.45, 7) is 0. The van der Waals surface area contributed by atoms with E-state index in [1.165, 1.54) is 17.8 Å². The van der Waals surface area contributed by atoms with Crippen LogP contribution in [0.3, 0.4) is 0 Å². The minimum absolute atomic E-state index is 0.00481. The second-order valence-corrected chi connectivity index (χ2v) is 8.49. The quantitative estimate of drug-likeness (QED) is 0.167. The number of hydrogen-bond acceptors (Lipinski definition) is 5. The maximum absolute atomic E-state index is 12.9. The first-order chi connectivity index (χ1) is 16.8. The fourth-order valence-electron chi connectivity index (χ4n) is 3.50. The van der Waals surface area contributed by atoms with Gasteiger partial charge in [-0.05, 0) is 35.9 Å². The van der Waals surface area contributed by atoms with Crippen LogP contribution in [-0.2, 0) is 17.7 Å². The van der Waals surface area contributed by atoms with Gasteiger partial charge in [0.1, 0.15) is 22.9 Å². The van der Waals surface area contributed by atoms with Gasteiger partial charge in [0.15, 0.2) is 5.82 Å². The van der Waals surface area contributed by atoms with Crippen LogP contribution < -0.4 is 10.1 Å². The van der Waals surface area contributed by atoms with Gasteiger partial charge in [0.05, 0.1) is 17.2 Å². The molecule has 35 heavy (non-hydrogen) atoms. The van der Waals surface area contributed by atoms with E-state index in [9.17, 15) is 13.2 Å². The molecule has 3 heterocycles. The van der Waals surface area contributed by atoms with Gasteiger partial charge in [-0.25, -0.2) is 9.97 Å². The van der Waals surface area contributed by atoms with E-state index in [0.717, 1.165) is 27.3 Å². The van der Waals surface area contributed by atoms with Gasteiger partial charge in [-0.15, -0.1) is 0 Å². The summed E-state index contributed by atoms with van der Waals surface area (Å²) in [6.07, 6.45) is -2.32. The number of hydrogen-bond donors (Lipinski definition) is 2. The minimum atomic E-state index is -4.51. The summed E-state index contributed by atoms with van der Waals surface area (Å²) in [5.74, 6) is 1.62. The molecule has 0 aliphatic rings. The lowest BCUT2D eigenvalue weighted by molar-refractivity contribution is -0.140. The molecular formula is C24H18F3IN6O. The Balaban J connectivity index is 1.37. The van der Waals surface area contributed by atoms with Gasteiger partial charge in [-0.1, -0.05) is 34.7 Å². The van der Waals surface area contributed by atoms with Crippen molar-refractivity contribution in [2.75, 3.05) is 5.32 Å².